The second-order valence-electron chi connectivity index (χ2n) is 6.24. The van der Waals surface area contributed by atoms with Crippen LogP contribution in [0.15, 0.2) is 82.5 Å². The van der Waals surface area contributed by atoms with Crippen LogP contribution in [-0.4, -0.2) is 15.5 Å². The fraction of sp³-hybridized carbons (Fsp3) is 0.0952. The predicted octanol–water partition coefficient (Wildman–Crippen LogP) is 3.47. The Morgan fingerprint density at radius 1 is 1.15 bits per heavy atom. The van der Waals surface area contributed by atoms with Crippen LogP contribution in [0, 0.1) is 0 Å². The Balaban J connectivity index is 1.54. The minimum atomic E-state index is -0.645. The maximum absolute atomic E-state index is 12.6. The molecule has 0 aliphatic heterocycles. The van der Waals surface area contributed by atoms with E-state index in [-0.39, 0.29) is 11.6 Å². The van der Waals surface area contributed by atoms with Crippen molar-refractivity contribution in [3.63, 3.8) is 0 Å². The molecular formula is C21H17N3O3. The molecule has 134 valence electrons. The molecule has 4 rings (SSSR count). The summed E-state index contributed by atoms with van der Waals surface area (Å²) in [7, 11) is 0. The van der Waals surface area contributed by atoms with Crippen molar-refractivity contribution in [2.75, 3.05) is 0 Å². The molecule has 0 bridgehead atoms. The molecule has 0 fully saturated rings. The second-order valence-corrected chi connectivity index (χ2v) is 6.24. The van der Waals surface area contributed by atoms with E-state index in [9.17, 15) is 9.59 Å². The van der Waals surface area contributed by atoms with Crippen LogP contribution in [0.5, 0.6) is 0 Å². The summed E-state index contributed by atoms with van der Waals surface area (Å²) >= 11 is 0. The highest BCUT2D eigenvalue weighted by Crippen LogP contribution is 2.17. The first-order chi connectivity index (χ1) is 13.1. The summed E-state index contributed by atoms with van der Waals surface area (Å²) in [5, 5.41) is 3.56. The van der Waals surface area contributed by atoms with Crippen molar-refractivity contribution in [3.05, 3.63) is 94.9 Å². The van der Waals surface area contributed by atoms with Gasteiger partial charge in [-0.25, -0.2) is 9.78 Å². The van der Waals surface area contributed by atoms with Gasteiger partial charge in [-0.05, 0) is 36.8 Å². The van der Waals surface area contributed by atoms with Crippen LogP contribution < -0.4 is 10.9 Å². The van der Waals surface area contributed by atoms with Crippen LogP contribution >= 0.6 is 0 Å². The molecule has 0 radical (unpaired) electrons. The molecule has 1 amide bonds. The Kier molecular flexibility index (Phi) is 4.30. The maximum atomic E-state index is 12.6. The first kappa shape index (κ1) is 16.8. The van der Waals surface area contributed by atoms with Gasteiger partial charge in [-0.15, -0.1) is 0 Å². The number of hydrogen-bond acceptors (Lipinski definition) is 4. The highest BCUT2D eigenvalue weighted by molar-refractivity contribution is 5.96. The summed E-state index contributed by atoms with van der Waals surface area (Å²) in [6.07, 6.45) is 5.30. The minimum absolute atomic E-state index is 0.00409. The third-order valence-electron chi connectivity index (χ3n) is 4.43. The molecule has 27 heavy (non-hydrogen) atoms. The number of fused-ring (bicyclic) bond motifs is 1. The van der Waals surface area contributed by atoms with Crippen LogP contribution in [0.2, 0.25) is 0 Å². The Morgan fingerprint density at radius 2 is 1.93 bits per heavy atom. The Hall–Kier alpha value is -3.67. The van der Waals surface area contributed by atoms with Gasteiger partial charge < -0.3 is 14.3 Å². The number of amides is 1. The largest absolute Gasteiger partial charge is 0.422 e. The molecule has 2 heterocycles. The van der Waals surface area contributed by atoms with E-state index in [1.165, 1.54) is 0 Å². The average Bonchev–Trinajstić information content (AvgIpc) is 3.22. The lowest BCUT2D eigenvalue weighted by Crippen LogP contribution is -2.30. The molecule has 1 N–H and O–H groups in total. The number of carbonyl (C=O) groups is 1. The monoisotopic (exact) mass is 359 g/mol. The lowest BCUT2D eigenvalue weighted by atomic mass is 10.1. The summed E-state index contributed by atoms with van der Waals surface area (Å²) in [4.78, 5) is 28.7. The van der Waals surface area contributed by atoms with Gasteiger partial charge in [0.05, 0.1) is 12.4 Å². The van der Waals surface area contributed by atoms with E-state index in [2.05, 4.69) is 10.3 Å². The third kappa shape index (κ3) is 3.37. The lowest BCUT2D eigenvalue weighted by Gasteiger charge is -2.15. The Labute approximate surface area is 155 Å². The van der Waals surface area contributed by atoms with Gasteiger partial charge in [0.2, 0.25) is 0 Å². The van der Waals surface area contributed by atoms with Gasteiger partial charge in [0, 0.05) is 23.5 Å². The van der Waals surface area contributed by atoms with E-state index < -0.39 is 11.5 Å². The summed E-state index contributed by atoms with van der Waals surface area (Å²) in [5.74, 6) is -0.458. The molecule has 0 aliphatic carbocycles. The number of imidazole rings is 1. The maximum Gasteiger partial charge on any atom is 0.349 e. The number of nitrogens with one attached hydrogen (secondary N) is 1. The molecule has 1 atom stereocenters. The Bertz CT molecular complexity index is 1150. The van der Waals surface area contributed by atoms with Crippen molar-refractivity contribution in [2.24, 2.45) is 0 Å². The zero-order chi connectivity index (χ0) is 18.8. The van der Waals surface area contributed by atoms with Crippen molar-refractivity contribution >= 4 is 16.9 Å². The summed E-state index contributed by atoms with van der Waals surface area (Å²) in [6, 6.07) is 16.2. The molecule has 6 nitrogen and oxygen atoms in total. The molecule has 6 heteroatoms. The van der Waals surface area contributed by atoms with Crippen LogP contribution in [0.25, 0.3) is 16.7 Å². The second kappa shape index (κ2) is 6.92. The summed E-state index contributed by atoms with van der Waals surface area (Å²) < 4.78 is 7.13. The lowest BCUT2D eigenvalue weighted by molar-refractivity contribution is 0.0936. The van der Waals surface area contributed by atoms with Crippen LogP contribution in [0.4, 0.5) is 0 Å². The number of rotatable bonds is 4. The van der Waals surface area contributed by atoms with Crippen molar-refractivity contribution in [3.8, 4) is 5.69 Å². The first-order valence-corrected chi connectivity index (χ1v) is 8.54. The number of hydrogen-bond donors (Lipinski definition) is 1. The molecule has 4 aromatic rings. The topological polar surface area (TPSA) is 77.1 Å². The highest BCUT2D eigenvalue weighted by Gasteiger charge is 2.16. The number of benzene rings is 2. The number of aromatic nitrogens is 2. The van der Waals surface area contributed by atoms with Crippen molar-refractivity contribution in [1.82, 2.24) is 14.9 Å². The van der Waals surface area contributed by atoms with Gasteiger partial charge in [-0.2, -0.15) is 0 Å². The van der Waals surface area contributed by atoms with Crippen molar-refractivity contribution in [1.29, 1.82) is 0 Å². The summed E-state index contributed by atoms with van der Waals surface area (Å²) in [6.45, 7) is 1.87. The van der Waals surface area contributed by atoms with Gasteiger partial charge in [0.15, 0.2) is 0 Å². The molecule has 2 aromatic heterocycles. The van der Waals surface area contributed by atoms with Crippen LogP contribution in [-0.2, 0) is 0 Å². The number of nitrogens with zero attached hydrogens (tertiary/aromatic N) is 2. The van der Waals surface area contributed by atoms with E-state index in [0.717, 1.165) is 11.3 Å². The van der Waals surface area contributed by atoms with Gasteiger partial charge in [-0.1, -0.05) is 30.3 Å². The molecular weight excluding hydrogens is 342 g/mol. The summed E-state index contributed by atoms with van der Waals surface area (Å²) in [5.41, 5.74) is 1.72. The number of carbonyl (C=O) groups excluding carboxylic acids is 1. The highest BCUT2D eigenvalue weighted by atomic mass is 16.4. The third-order valence-corrected chi connectivity index (χ3v) is 4.43. The zero-order valence-corrected chi connectivity index (χ0v) is 14.6. The minimum Gasteiger partial charge on any atom is -0.422 e. The predicted molar refractivity (Wildman–Crippen MR) is 102 cm³/mol. The fourth-order valence-corrected chi connectivity index (χ4v) is 2.92. The van der Waals surface area contributed by atoms with E-state index >= 15 is 0 Å². The zero-order valence-electron chi connectivity index (χ0n) is 14.6. The van der Waals surface area contributed by atoms with Crippen molar-refractivity contribution in [2.45, 2.75) is 13.0 Å². The Morgan fingerprint density at radius 3 is 2.67 bits per heavy atom. The van der Waals surface area contributed by atoms with Gasteiger partial charge in [0.1, 0.15) is 11.1 Å². The van der Waals surface area contributed by atoms with Crippen LogP contribution in [0.3, 0.4) is 0 Å². The van der Waals surface area contributed by atoms with E-state index in [1.807, 2.05) is 48.0 Å². The van der Waals surface area contributed by atoms with Crippen LogP contribution in [0.1, 0.15) is 28.9 Å². The van der Waals surface area contributed by atoms with Gasteiger partial charge in [0.25, 0.3) is 5.91 Å². The number of para-hydroxylation sites is 1. The average molecular weight is 359 g/mol. The van der Waals surface area contributed by atoms with E-state index in [1.54, 1.807) is 36.8 Å². The molecule has 0 unspecified atom stereocenters. The first-order valence-electron chi connectivity index (χ1n) is 8.54. The smallest absolute Gasteiger partial charge is 0.349 e. The fourth-order valence-electron chi connectivity index (χ4n) is 2.92. The van der Waals surface area contributed by atoms with Crippen molar-refractivity contribution < 1.29 is 9.21 Å². The molecule has 0 aliphatic rings. The molecule has 0 spiro atoms. The SMILES string of the molecule is C[C@H](NC(=O)c1cc2ccccc2oc1=O)c1ccc(-n2ccnc2)cc1. The quantitative estimate of drug-likeness (QED) is 0.566. The normalized spacial score (nSPS) is 12.0. The van der Waals surface area contributed by atoms with Gasteiger partial charge in [-0.3, -0.25) is 4.79 Å². The van der Waals surface area contributed by atoms with E-state index in [0.29, 0.717) is 11.0 Å². The van der Waals surface area contributed by atoms with Gasteiger partial charge >= 0.3 is 5.63 Å². The molecule has 2 aromatic carbocycles. The molecule has 0 saturated carbocycles. The van der Waals surface area contributed by atoms with E-state index in [4.69, 9.17) is 4.42 Å². The standard InChI is InChI=1S/C21H17N3O3/c1-14(15-6-8-17(9-7-15)24-11-10-22-13-24)23-20(25)18-12-16-4-2-3-5-19(16)27-21(18)26/h2-14H,1H3,(H,23,25)/t14-/m0/s1. The molecule has 0 saturated heterocycles.